The Kier molecular flexibility index (Phi) is 8.10. The highest BCUT2D eigenvalue weighted by Gasteiger charge is 2.09. The van der Waals surface area contributed by atoms with E-state index < -0.39 is 0 Å². The second kappa shape index (κ2) is 10.3. The Morgan fingerprint density at radius 3 is 2.29 bits per heavy atom. The fourth-order valence-electron chi connectivity index (χ4n) is 3.03. The standard InChI is InChI=1S/C20H34N4/c1-4-17(2)23-20(21-3)22-15-18-9-11-19(12-10-18)16-24-13-7-5-6-8-14-24/h9-12,17H,4-8,13-16H2,1-3H3,(H2,21,22,23). The molecule has 1 atom stereocenters. The molecule has 2 N–H and O–H groups in total. The minimum Gasteiger partial charge on any atom is -0.354 e. The molecule has 4 nitrogen and oxygen atoms in total. The van der Waals surface area contributed by atoms with E-state index in [1.54, 1.807) is 0 Å². The summed E-state index contributed by atoms with van der Waals surface area (Å²) >= 11 is 0. The maximum absolute atomic E-state index is 4.28. The Hall–Kier alpha value is -1.55. The van der Waals surface area contributed by atoms with Crippen molar-refractivity contribution in [2.75, 3.05) is 20.1 Å². The zero-order valence-electron chi connectivity index (χ0n) is 15.6. The number of benzene rings is 1. The maximum Gasteiger partial charge on any atom is 0.191 e. The second-order valence-corrected chi connectivity index (χ2v) is 6.89. The van der Waals surface area contributed by atoms with Gasteiger partial charge in [-0.15, -0.1) is 0 Å². The lowest BCUT2D eigenvalue weighted by Gasteiger charge is -2.20. The SMILES string of the molecule is CCC(C)NC(=NC)NCc1ccc(CN2CCCCCC2)cc1. The van der Waals surface area contributed by atoms with Gasteiger partial charge in [0.25, 0.3) is 0 Å². The van der Waals surface area contributed by atoms with Crippen LogP contribution in [0.3, 0.4) is 0 Å². The predicted molar refractivity (Wildman–Crippen MR) is 103 cm³/mol. The molecule has 0 bridgehead atoms. The van der Waals surface area contributed by atoms with Crippen LogP contribution in [-0.2, 0) is 13.1 Å². The first-order valence-electron chi connectivity index (χ1n) is 9.48. The summed E-state index contributed by atoms with van der Waals surface area (Å²) in [6.45, 7) is 8.74. The molecule has 0 aliphatic carbocycles. The fraction of sp³-hybridized carbons (Fsp3) is 0.650. The van der Waals surface area contributed by atoms with E-state index in [1.165, 1.54) is 49.9 Å². The van der Waals surface area contributed by atoms with Crippen molar-refractivity contribution in [2.24, 2.45) is 4.99 Å². The smallest absolute Gasteiger partial charge is 0.191 e. The van der Waals surface area contributed by atoms with E-state index in [0.29, 0.717) is 6.04 Å². The van der Waals surface area contributed by atoms with Crippen LogP contribution in [0.4, 0.5) is 0 Å². The highest BCUT2D eigenvalue weighted by atomic mass is 15.2. The molecule has 1 aliphatic rings. The molecule has 0 spiro atoms. The summed E-state index contributed by atoms with van der Waals surface area (Å²) < 4.78 is 0. The van der Waals surface area contributed by atoms with Gasteiger partial charge in [-0.2, -0.15) is 0 Å². The molecule has 0 radical (unpaired) electrons. The minimum absolute atomic E-state index is 0.437. The number of nitrogens with zero attached hydrogens (tertiary/aromatic N) is 2. The first kappa shape index (κ1) is 18.8. The van der Waals surface area contributed by atoms with Crippen molar-refractivity contribution in [1.29, 1.82) is 0 Å². The highest BCUT2D eigenvalue weighted by Crippen LogP contribution is 2.13. The van der Waals surface area contributed by atoms with E-state index in [0.717, 1.165) is 25.5 Å². The van der Waals surface area contributed by atoms with Crippen LogP contribution in [0, 0.1) is 0 Å². The molecule has 24 heavy (non-hydrogen) atoms. The van der Waals surface area contributed by atoms with Gasteiger partial charge in [0.05, 0.1) is 0 Å². The fourth-order valence-corrected chi connectivity index (χ4v) is 3.03. The Morgan fingerprint density at radius 1 is 1.08 bits per heavy atom. The van der Waals surface area contributed by atoms with Crippen LogP contribution in [0.5, 0.6) is 0 Å². The molecular formula is C20H34N4. The summed E-state index contributed by atoms with van der Waals surface area (Å²) in [5.41, 5.74) is 2.71. The summed E-state index contributed by atoms with van der Waals surface area (Å²) in [6, 6.07) is 9.44. The lowest BCUT2D eigenvalue weighted by molar-refractivity contribution is 0.277. The summed E-state index contributed by atoms with van der Waals surface area (Å²) in [7, 11) is 1.82. The Morgan fingerprint density at radius 2 is 1.71 bits per heavy atom. The molecule has 0 aromatic heterocycles. The predicted octanol–water partition coefficient (Wildman–Crippen LogP) is 3.53. The van der Waals surface area contributed by atoms with E-state index in [9.17, 15) is 0 Å². The highest BCUT2D eigenvalue weighted by molar-refractivity contribution is 5.79. The Labute approximate surface area is 147 Å². The lowest BCUT2D eigenvalue weighted by atomic mass is 10.1. The second-order valence-electron chi connectivity index (χ2n) is 6.89. The number of nitrogens with one attached hydrogen (secondary N) is 2. The lowest BCUT2D eigenvalue weighted by Crippen LogP contribution is -2.41. The number of hydrogen-bond donors (Lipinski definition) is 2. The Bertz CT molecular complexity index is 487. The van der Waals surface area contributed by atoms with Crippen molar-refractivity contribution in [3.05, 3.63) is 35.4 Å². The van der Waals surface area contributed by atoms with Crippen molar-refractivity contribution >= 4 is 5.96 Å². The third-order valence-electron chi connectivity index (χ3n) is 4.81. The Balaban J connectivity index is 1.80. The molecule has 1 aliphatic heterocycles. The topological polar surface area (TPSA) is 39.7 Å². The van der Waals surface area contributed by atoms with Crippen molar-refractivity contribution < 1.29 is 0 Å². The van der Waals surface area contributed by atoms with Crippen molar-refractivity contribution in [3.63, 3.8) is 0 Å². The van der Waals surface area contributed by atoms with E-state index in [2.05, 4.69) is 58.6 Å². The van der Waals surface area contributed by atoms with Crippen molar-refractivity contribution in [1.82, 2.24) is 15.5 Å². The molecule has 2 rings (SSSR count). The van der Waals surface area contributed by atoms with E-state index in [-0.39, 0.29) is 0 Å². The zero-order chi connectivity index (χ0) is 17.2. The molecule has 1 fully saturated rings. The molecular weight excluding hydrogens is 296 g/mol. The summed E-state index contributed by atoms with van der Waals surface area (Å²) in [6.07, 6.45) is 6.58. The molecule has 1 unspecified atom stereocenters. The van der Waals surface area contributed by atoms with Crippen LogP contribution in [-0.4, -0.2) is 37.0 Å². The summed E-state index contributed by atoms with van der Waals surface area (Å²) in [5.74, 6) is 0.873. The van der Waals surface area contributed by atoms with Crippen molar-refractivity contribution in [3.8, 4) is 0 Å². The minimum atomic E-state index is 0.437. The largest absolute Gasteiger partial charge is 0.354 e. The molecule has 1 aromatic carbocycles. The van der Waals surface area contributed by atoms with Gasteiger partial charge < -0.3 is 10.6 Å². The average Bonchev–Trinajstić information content (AvgIpc) is 2.88. The van der Waals surface area contributed by atoms with Crippen molar-refractivity contribution in [2.45, 2.75) is 65.1 Å². The molecule has 1 heterocycles. The molecule has 4 heteroatoms. The van der Waals surface area contributed by atoms with Gasteiger partial charge in [-0.1, -0.05) is 44.0 Å². The van der Waals surface area contributed by atoms with E-state index in [4.69, 9.17) is 0 Å². The van der Waals surface area contributed by atoms with Gasteiger partial charge in [-0.05, 0) is 50.4 Å². The van der Waals surface area contributed by atoms with Crippen LogP contribution in [0.25, 0.3) is 0 Å². The van der Waals surface area contributed by atoms with Crippen LogP contribution in [0.15, 0.2) is 29.3 Å². The zero-order valence-corrected chi connectivity index (χ0v) is 15.6. The third kappa shape index (κ3) is 6.52. The number of hydrogen-bond acceptors (Lipinski definition) is 2. The molecule has 1 aromatic rings. The van der Waals surface area contributed by atoms with Gasteiger partial charge in [0.15, 0.2) is 5.96 Å². The number of rotatable bonds is 6. The van der Waals surface area contributed by atoms with E-state index >= 15 is 0 Å². The maximum atomic E-state index is 4.28. The molecule has 0 saturated carbocycles. The summed E-state index contributed by atoms with van der Waals surface area (Å²) in [5, 5.41) is 6.78. The van der Waals surface area contributed by atoms with Crippen LogP contribution in [0.1, 0.15) is 57.1 Å². The number of guanidine groups is 1. The third-order valence-corrected chi connectivity index (χ3v) is 4.81. The van der Waals surface area contributed by atoms with Crippen LogP contribution in [0.2, 0.25) is 0 Å². The molecule has 134 valence electrons. The number of likely N-dealkylation sites (tertiary alicyclic amines) is 1. The molecule has 0 amide bonds. The number of aliphatic imine (C=N–C) groups is 1. The first-order chi connectivity index (χ1) is 11.7. The molecule has 1 saturated heterocycles. The average molecular weight is 331 g/mol. The van der Waals surface area contributed by atoms with E-state index in [1.807, 2.05) is 7.05 Å². The van der Waals surface area contributed by atoms with Crippen LogP contribution < -0.4 is 10.6 Å². The van der Waals surface area contributed by atoms with Gasteiger partial charge in [0.2, 0.25) is 0 Å². The normalized spacial score (nSPS) is 18.0. The van der Waals surface area contributed by atoms with Gasteiger partial charge in [-0.3, -0.25) is 9.89 Å². The van der Waals surface area contributed by atoms with Gasteiger partial charge in [0, 0.05) is 26.2 Å². The van der Waals surface area contributed by atoms with Gasteiger partial charge in [-0.25, -0.2) is 0 Å². The summed E-state index contributed by atoms with van der Waals surface area (Å²) in [4.78, 5) is 6.88. The first-order valence-corrected chi connectivity index (χ1v) is 9.48. The quantitative estimate of drug-likeness (QED) is 0.619. The monoisotopic (exact) mass is 330 g/mol. The van der Waals surface area contributed by atoms with Crippen LogP contribution >= 0.6 is 0 Å². The van der Waals surface area contributed by atoms with Gasteiger partial charge in [0.1, 0.15) is 0 Å². The van der Waals surface area contributed by atoms with Gasteiger partial charge >= 0.3 is 0 Å².